The molecule has 0 N–H and O–H groups in total. The molecule has 2 rings (SSSR count). The summed E-state index contributed by atoms with van der Waals surface area (Å²) in [7, 11) is 0. The molecule has 2 aliphatic rings. The van der Waals surface area contributed by atoms with Crippen molar-refractivity contribution in [3.8, 4) is 0 Å². The Morgan fingerprint density at radius 1 is 1.28 bits per heavy atom. The van der Waals surface area contributed by atoms with Crippen molar-refractivity contribution in [3.05, 3.63) is 0 Å². The van der Waals surface area contributed by atoms with Crippen molar-refractivity contribution in [3.63, 3.8) is 0 Å². The Labute approximate surface area is 107 Å². The molecule has 0 aromatic heterocycles. The van der Waals surface area contributed by atoms with Crippen LogP contribution in [0, 0.1) is 17.3 Å². The van der Waals surface area contributed by atoms with E-state index in [-0.39, 0.29) is 11.3 Å². The van der Waals surface area contributed by atoms with Crippen LogP contribution in [0.5, 0.6) is 0 Å². The van der Waals surface area contributed by atoms with Crippen LogP contribution in [0.2, 0.25) is 0 Å². The maximum absolute atomic E-state index is 12.2. The molecule has 0 heterocycles. The molecule has 2 aliphatic carbocycles. The number of alkyl halides is 2. The molecule has 104 valence electrons. The lowest BCUT2D eigenvalue weighted by Crippen LogP contribution is -2.34. The highest BCUT2D eigenvalue weighted by atomic mass is 19.3. The Bertz CT molecular complexity index is 296. The number of ether oxygens (including phenoxy) is 1. The van der Waals surface area contributed by atoms with E-state index in [4.69, 9.17) is 4.74 Å². The largest absolute Gasteiger partial charge is 0.375 e. The third-order valence-corrected chi connectivity index (χ3v) is 4.69. The van der Waals surface area contributed by atoms with Crippen LogP contribution in [-0.2, 0) is 9.53 Å². The Hall–Kier alpha value is -0.510. The number of carbonyl (C=O) groups is 1. The first-order valence-corrected chi connectivity index (χ1v) is 6.94. The monoisotopic (exact) mass is 260 g/mol. The molecule has 2 saturated carbocycles. The van der Waals surface area contributed by atoms with Crippen LogP contribution in [0.15, 0.2) is 0 Å². The molecule has 1 unspecified atom stereocenters. The predicted molar refractivity (Wildman–Crippen MR) is 64.6 cm³/mol. The molecule has 0 aliphatic heterocycles. The van der Waals surface area contributed by atoms with Gasteiger partial charge < -0.3 is 4.74 Å². The summed E-state index contributed by atoms with van der Waals surface area (Å²) < 4.78 is 28.9. The summed E-state index contributed by atoms with van der Waals surface area (Å²) in [6.45, 7) is 1.98. The third-order valence-electron chi connectivity index (χ3n) is 4.69. The summed E-state index contributed by atoms with van der Waals surface area (Å²) in [5.41, 5.74) is -0.0708. The number of ketones is 1. The van der Waals surface area contributed by atoms with Crippen molar-refractivity contribution in [2.45, 2.75) is 51.9 Å². The van der Waals surface area contributed by atoms with Gasteiger partial charge in [-0.15, -0.1) is 0 Å². The van der Waals surface area contributed by atoms with Crippen LogP contribution >= 0.6 is 0 Å². The fourth-order valence-electron chi connectivity index (χ4n) is 3.49. The van der Waals surface area contributed by atoms with Crippen LogP contribution in [0.4, 0.5) is 8.78 Å². The molecule has 0 aromatic rings. The van der Waals surface area contributed by atoms with Crippen molar-refractivity contribution >= 4 is 5.78 Å². The van der Waals surface area contributed by atoms with E-state index in [0.717, 1.165) is 38.5 Å². The number of hydrogen-bond acceptors (Lipinski definition) is 2. The summed E-state index contributed by atoms with van der Waals surface area (Å²) in [4.78, 5) is 12.2. The van der Waals surface area contributed by atoms with Gasteiger partial charge in [0.25, 0.3) is 6.43 Å². The van der Waals surface area contributed by atoms with Gasteiger partial charge in [0.2, 0.25) is 0 Å². The molecule has 2 nitrogen and oxygen atoms in total. The number of hydrogen-bond donors (Lipinski definition) is 0. The van der Waals surface area contributed by atoms with E-state index in [1.807, 2.05) is 6.92 Å². The molecule has 0 amide bonds. The smallest absolute Gasteiger partial charge is 0.261 e. The maximum atomic E-state index is 12.2. The van der Waals surface area contributed by atoms with E-state index in [0.29, 0.717) is 18.3 Å². The zero-order chi connectivity index (χ0) is 13.2. The number of carbonyl (C=O) groups excluding carboxylic acids is 1. The Morgan fingerprint density at radius 3 is 2.39 bits per heavy atom. The second-order valence-corrected chi connectivity index (χ2v) is 5.96. The fraction of sp³-hybridized carbons (Fsp3) is 0.929. The van der Waals surface area contributed by atoms with E-state index in [1.54, 1.807) is 0 Å². The first kappa shape index (κ1) is 13.9. The first-order valence-electron chi connectivity index (χ1n) is 6.94. The van der Waals surface area contributed by atoms with Gasteiger partial charge in [-0.25, -0.2) is 8.78 Å². The molecule has 1 spiro atoms. The topological polar surface area (TPSA) is 26.3 Å². The lowest BCUT2D eigenvalue weighted by atomic mass is 9.68. The van der Waals surface area contributed by atoms with Crippen LogP contribution in [0.1, 0.15) is 45.4 Å². The predicted octanol–water partition coefficient (Wildman–Crippen LogP) is 3.44. The summed E-state index contributed by atoms with van der Waals surface area (Å²) >= 11 is 0. The molecule has 0 aromatic carbocycles. The van der Waals surface area contributed by atoms with Crippen molar-refractivity contribution in [1.29, 1.82) is 0 Å². The van der Waals surface area contributed by atoms with Crippen LogP contribution < -0.4 is 0 Å². The van der Waals surface area contributed by atoms with Gasteiger partial charge in [0.1, 0.15) is 12.4 Å². The van der Waals surface area contributed by atoms with Crippen molar-refractivity contribution in [2.24, 2.45) is 17.3 Å². The normalized spacial score (nSPS) is 36.8. The van der Waals surface area contributed by atoms with Gasteiger partial charge in [-0.2, -0.15) is 0 Å². The SMILES string of the molecule is CC1CCC2(CCC(COCC(F)F)CC2)C1=O. The van der Waals surface area contributed by atoms with E-state index in [2.05, 4.69) is 0 Å². The second-order valence-electron chi connectivity index (χ2n) is 5.96. The summed E-state index contributed by atoms with van der Waals surface area (Å²) in [5, 5.41) is 0. The minimum atomic E-state index is -2.38. The highest BCUT2D eigenvalue weighted by Crippen LogP contribution is 2.49. The number of Topliss-reactive ketones (excluding diaryl/α,β-unsaturated/α-hetero) is 1. The first-order chi connectivity index (χ1) is 8.53. The number of halogens is 2. The second kappa shape index (κ2) is 5.64. The van der Waals surface area contributed by atoms with E-state index in [9.17, 15) is 13.6 Å². The standard InChI is InChI=1S/C14H22F2O2/c1-10-2-5-14(13(10)17)6-3-11(4-7-14)8-18-9-12(15)16/h10-12H,2-9H2,1H3. The minimum absolute atomic E-state index is 0.0708. The van der Waals surface area contributed by atoms with Crippen molar-refractivity contribution in [1.82, 2.24) is 0 Å². The Balaban J connectivity index is 1.76. The quantitative estimate of drug-likeness (QED) is 0.774. The maximum Gasteiger partial charge on any atom is 0.261 e. The van der Waals surface area contributed by atoms with Gasteiger partial charge >= 0.3 is 0 Å². The highest BCUT2D eigenvalue weighted by Gasteiger charge is 2.47. The van der Waals surface area contributed by atoms with Crippen LogP contribution in [0.3, 0.4) is 0 Å². The van der Waals surface area contributed by atoms with Gasteiger partial charge in [-0.3, -0.25) is 4.79 Å². The van der Waals surface area contributed by atoms with Crippen LogP contribution in [-0.4, -0.2) is 25.4 Å². The summed E-state index contributed by atoms with van der Waals surface area (Å²) in [5.74, 6) is 1.02. The lowest BCUT2D eigenvalue weighted by molar-refractivity contribution is -0.131. The van der Waals surface area contributed by atoms with E-state index >= 15 is 0 Å². The molecule has 0 bridgehead atoms. The number of rotatable bonds is 4. The van der Waals surface area contributed by atoms with Gasteiger partial charge in [0.05, 0.1) is 0 Å². The molecule has 1 atom stereocenters. The fourth-order valence-corrected chi connectivity index (χ4v) is 3.49. The van der Waals surface area contributed by atoms with E-state index < -0.39 is 13.0 Å². The lowest BCUT2D eigenvalue weighted by Gasteiger charge is -2.36. The van der Waals surface area contributed by atoms with Gasteiger partial charge in [0.15, 0.2) is 0 Å². The molecular formula is C14H22F2O2. The molecule has 18 heavy (non-hydrogen) atoms. The van der Waals surface area contributed by atoms with Gasteiger partial charge in [-0.1, -0.05) is 6.92 Å². The molecule has 0 saturated heterocycles. The molecular weight excluding hydrogens is 238 g/mol. The van der Waals surface area contributed by atoms with Gasteiger partial charge in [0, 0.05) is 17.9 Å². The minimum Gasteiger partial charge on any atom is -0.375 e. The van der Waals surface area contributed by atoms with E-state index in [1.165, 1.54) is 0 Å². The zero-order valence-corrected chi connectivity index (χ0v) is 11.0. The third kappa shape index (κ3) is 2.90. The Morgan fingerprint density at radius 2 is 1.89 bits per heavy atom. The highest BCUT2D eigenvalue weighted by molar-refractivity contribution is 5.88. The summed E-state index contributed by atoms with van der Waals surface area (Å²) in [6.07, 6.45) is 3.42. The Kier molecular flexibility index (Phi) is 4.36. The zero-order valence-electron chi connectivity index (χ0n) is 11.0. The van der Waals surface area contributed by atoms with Crippen molar-refractivity contribution in [2.75, 3.05) is 13.2 Å². The van der Waals surface area contributed by atoms with Crippen molar-refractivity contribution < 1.29 is 18.3 Å². The molecule has 2 fully saturated rings. The summed E-state index contributed by atoms with van der Waals surface area (Å²) in [6, 6.07) is 0. The molecule has 4 heteroatoms. The molecule has 0 radical (unpaired) electrons. The van der Waals surface area contributed by atoms with Crippen LogP contribution in [0.25, 0.3) is 0 Å². The average molecular weight is 260 g/mol. The average Bonchev–Trinajstić information content (AvgIpc) is 2.61. The van der Waals surface area contributed by atoms with Gasteiger partial charge in [-0.05, 0) is 44.4 Å².